The van der Waals surface area contributed by atoms with Crippen molar-refractivity contribution in [1.82, 2.24) is 9.80 Å². The molecule has 114 valence electrons. The summed E-state index contributed by atoms with van der Waals surface area (Å²) in [6, 6.07) is 6.45. The van der Waals surface area contributed by atoms with Crippen molar-refractivity contribution in [3.05, 3.63) is 29.8 Å². The summed E-state index contributed by atoms with van der Waals surface area (Å²) in [7, 11) is -0.0120. The van der Waals surface area contributed by atoms with E-state index in [0.717, 1.165) is 0 Å². The highest BCUT2D eigenvalue weighted by Crippen LogP contribution is 2.27. The van der Waals surface area contributed by atoms with Gasteiger partial charge in [0.1, 0.15) is 11.4 Å². The van der Waals surface area contributed by atoms with E-state index in [0.29, 0.717) is 18.7 Å². The smallest absolute Gasteiger partial charge is 0.323 e. The Morgan fingerprint density at radius 1 is 1.24 bits per heavy atom. The van der Waals surface area contributed by atoms with Gasteiger partial charge in [-0.05, 0) is 26.2 Å². The highest BCUT2D eigenvalue weighted by molar-refractivity contribution is 7.90. The fourth-order valence-electron chi connectivity index (χ4n) is 2.06. The van der Waals surface area contributed by atoms with E-state index < -0.39 is 16.0 Å². The third-order valence-corrected chi connectivity index (χ3v) is 4.38. The number of aliphatic carboxylic acids is 1. The van der Waals surface area contributed by atoms with Crippen molar-refractivity contribution >= 4 is 21.8 Å². The van der Waals surface area contributed by atoms with Crippen LogP contribution in [-0.2, 0) is 14.8 Å². The average Bonchev–Trinajstić information content (AvgIpc) is 2.67. The first-order valence-electron chi connectivity index (χ1n) is 6.37. The molecule has 1 aromatic rings. The molecule has 2 rings (SSSR count). The number of nitrogens with zero attached hydrogens (tertiary/aromatic N) is 3. The number of benzene rings is 1. The van der Waals surface area contributed by atoms with Crippen LogP contribution in [0.4, 0.5) is 0 Å². The van der Waals surface area contributed by atoms with Gasteiger partial charge in [0, 0.05) is 18.7 Å². The van der Waals surface area contributed by atoms with Crippen molar-refractivity contribution < 1.29 is 18.3 Å². The van der Waals surface area contributed by atoms with Crippen LogP contribution in [0.2, 0.25) is 0 Å². The first-order valence-corrected chi connectivity index (χ1v) is 7.81. The summed E-state index contributed by atoms with van der Waals surface area (Å²) in [6.45, 7) is 0.674. The lowest BCUT2D eigenvalue weighted by Gasteiger charge is -2.24. The zero-order valence-corrected chi connectivity index (χ0v) is 12.7. The maximum absolute atomic E-state index is 12.0. The molecule has 0 spiro atoms. The number of hydrogen-bond donors (Lipinski definition) is 1. The van der Waals surface area contributed by atoms with Gasteiger partial charge in [-0.25, -0.2) is 0 Å². The van der Waals surface area contributed by atoms with Crippen LogP contribution in [0.1, 0.15) is 5.56 Å². The van der Waals surface area contributed by atoms with E-state index in [2.05, 4.69) is 4.40 Å². The lowest BCUT2D eigenvalue weighted by molar-refractivity contribution is -0.137. The fourth-order valence-corrected chi connectivity index (χ4v) is 3.29. The monoisotopic (exact) mass is 311 g/mol. The predicted molar refractivity (Wildman–Crippen MR) is 77.9 cm³/mol. The Bertz CT molecular complexity index is 682. The van der Waals surface area contributed by atoms with Gasteiger partial charge < -0.3 is 14.9 Å². The van der Waals surface area contributed by atoms with E-state index in [1.807, 2.05) is 19.0 Å². The van der Waals surface area contributed by atoms with Gasteiger partial charge in [0.05, 0.1) is 0 Å². The number of carboxylic acid groups (broad SMARTS) is 1. The van der Waals surface area contributed by atoms with Gasteiger partial charge in [-0.15, -0.1) is 4.40 Å². The number of likely N-dealkylation sites (N-methyl/N-ethyl adjacent to an activating group) is 1. The second kappa shape index (κ2) is 5.82. The third kappa shape index (κ3) is 3.40. The molecule has 0 fully saturated rings. The van der Waals surface area contributed by atoms with E-state index in [1.165, 1.54) is 11.0 Å². The largest absolute Gasteiger partial charge is 0.480 e. The lowest BCUT2D eigenvalue weighted by Crippen LogP contribution is -2.40. The van der Waals surface area contributed by atoms with E-state index in [1.54, 1.807) is 18.2 Å². The molecule has 1 aliphatic heterocycles. The van der Waals surface area contributed by atoms with Crippen LogP contribution in [0.3, 0.4) is 0 Å². The summed E-state index contributed by atoms with van der Waals surface area (Å²) in [4.78, 5) is 14.5. The molecule has 0 saturated carbocycles. The number of rotatable bonds is 5. The van der Waals surface area contributed by atoms with Crippen LogP contribution in [0.15, 0.2) is 33.6 Å². The molecule has 0 unspecified atom stereocenters. The predicted octanol–water partition coefficient (Wildman–Crippen LogP) is 0.0837. The van der Waals surface area contributed by atoms with Crippen molar-refractivity contribution in [2.24, 2.45) is 4.40 Å². The molecule has 1 aliphatic rings. The molecule has 0 aromatic heterocycles. The van der Waals surface area contributed by atoms with Crippen molar-refractivity contribution in [3.8, 4) is 0 Å². The minimum absolute atomic E-state index is 0.125. The average molecular weight is 311 g/mol. The van der Waals surface area contributed by atoms with Crippen molar-refractivity contribution in [1.29, 1.82) is 0 Å². The number of carboxylic acids is 1. The Kier molecular flexibility index (Phi) is 4.29. The lowest BCUT2D eigenvalue weighted by atomic mass is 10.2. The molecule has 0 radical (unpaired) electrons. The van der Waals surface area contributed by atoms with Gasteiger partial charge in [-0.2, -0.15) is 8.42 Å². The maximum Gasteiger partial charge on any atom is 0.323 e. The molecule has 7 nitrogen and oxygen atoms in total. The maximum atomic E-state index is 12.0. The number of sulfonamides is 1. The Hall–Kier alpha value is -1.93. The summed E-state index contributed by atoms with van der Waals surface area (Å²) in [5.41, 5.74) is 0.456. The fraction of sp³-hybridized carbons (Fsp3) is 0.385. The molecule has 0 atom stereocenters. The summed E-state index contributed by atoms with van der Waals surface area (Å²) in [6.07, 6.45) is 0. The highest BCUT2D eigenvalue weighted by Gasteiger charge is 2.32. The van der Waals surface area contributed by atoms with Gasteiger partial charge >= 0.3 is 5.97 Å². The van der Waals surface area contributed by atoms with Crippen molar-refractivity contribution in [2.75, 3.05) is 33.7 Å². The molecule has 0 bridgehead atoms. The summed E-state index contributed by atoms with van der Waals surface area (Å²) < 4.78 is 27.8. The Balaban J connectivity index is 2.38. The second-order valence-corrected chi connectivity index (χ2v) is 6.58. The van der Waals surface area contributed by atoms with E-state index in [9.17, 15) is 13.2 Å². The number of amidine groups is 1. The minimum Gasteiger partial charge on any atom is -0.480 e. The van der Waals surface area contributed by atoms with E-state index >= 15 is 0 Å². The Morgan fingerprint density at radius 2 is 1.90 bits per heavy atom. The summed E-state index contributed by atoms with van der Waals surface area (Å²) in [5, 5.41) is 9.03. The third-order valence-electron chi connectivity index (χ3n) is 3.06. The zero-order valence-electron chi connectivity index (χ0n) is 11.9. The van der Waals surface area contributed by atoms with Crippen LogP contribution < -0.4 is 0 Å². The van der Waals surface area contributed by atoms with Crippen LogP contribution >= 0.6 is 0 Å². The van der Waals surface area contributed by atoms with E-state index in [4.69, 9.17) is 5.11 Å². The number of carbonyl (C=O) groups is 1. The molecule has 0 aliphatic carbocycles. The van der Waals surface area contributed by atoms with Crippen molar-refractivity contribution in [2.45, 2.75) is 4.90 Å². The molecule has 1 aromatic carbocycles. The zero-order chi connectivity index (χ0) is 15.6. The normalized spacial score (nSPS) is 15.7. The molecule has 21 heavy (non-hydrogen) atoms. The van der Waals surface area contributed by atoms with Crippen LogP contribution in [-0.4, -0.2) is 68.9 Å². The van der Waals surface area contributed by atoms with Crippen LogP contribution in [0, 0.1) is 0 Å². The topological polar surface area (TPSA) is 90.3 Å². The SMILES string of the molecule is CN(C)CCN(CC(=O)O)C1=NS(=O)(=O)c2ccccc21. The number of hydrogen-bond acceptors (Lipinski definition) is 5. The van der Waals surface area contributed by atoms with Gasteiger partial charge in [-0.1, -0.05) is 12.1 Å². The molecule has 1 N–H and O–H groups in total. The molecular formula is C13H17N3O4S. The molecular weight excluding hydrogens is 294 g/mol. The molecule has 1 heterocycles. The number of fused-ring (bicyclic) bond motifs is 1. The van der Waals surface area contributed by atoms with E-state index in [-0.39, 0.29) is 17.3 Å². The van der Waals surface area contributed by atoms with Gasteiger partial charge in [-0.3, -0.25) is 4.79 Å². The van der Waals surface area contributed by atoms with Crippen molar-refractivity contribution in [3.63, 3.8) is 0 Å². The highest BCUT2D eigenvalue weighted by atomic mass is 32.2. The van der Waals surface area contributed by atoms with Crippen LogP contribution in [0.25, 0.3) is 0 Å². The molecule has 8 heteroatoms. The van der Waals surface area contributed by atoms with Gasteiger partial charge in [0.2, 0.25) is 0 Å². The first kappa shape index (κ1) is 15.5. The standard InChI is InChI=1S/C13H17N3O4S/c1-15(2)7-8-16(9-12(17)18)13-10-5-3-4-6-11(10)21(19,20)14-13/h3-6H,7-9H2,1-2H3,(H,17,18). The summed E-state index contributed by atoms with van der Waals surface area (Å²) in [5.74, 6) is -0.826. The molecule has 0 amide bonds. The first-order chi connectivity index (χ1) is 9.81. The molecule has 0 saturated heterocycles. The Morgan fingerprint density at radius 3 is 2.52 bits per heavy atom. The quantitative estimate of drug-likeness (QED) is 0.828. The van der Waals surface area contributed by atoms with Crippen LogP contribution in [0.5, 0.6) is 0 Å². The van der Waals surface area contributed by atoms with Gasteiger partial charge in [0.25, 0.3) is 10.0 Å². The Labute approximate surface area is 123 Å². The van der Waals surface area contributed by atoms with Gasteiger partial charge in [0.15, 0.2) is 5.84 Å². The minimum atomic E-state index is -3.73. The second-order valence-electron chi connectivity index (χ2n) is 5.00. The summed E-state index contributed by atoms with van der Waals surface area (Å²) >= 11 is 0.